The fourth-order valence-corrected chi connectivity index (χ4v) is 4.10. The summed E-state index contributed by atoms with van der Waals surface area (Å²) in [4.78, 5) is 14.6. The van der Waals surface area contributed by atoms with E-state index in [1.807, 2.05) is 0 Å². The maximum atomic E-state index is 12.5. The van der Waals surface area contributed by atoms with Gasteiger partial charge in [-0.25, -0.2) is 0 Å². The molecular formula is C15H27ClN2O2. The van der Waals surface area contributed by atoms with Crippen molar-refractivity contribution in [2.24, 2.45) is 11.1 Å². The van der Waals surface area contributed by atoms with E-state index in [0.717, 1.165) is 25.9 Å². The Kier molecular flexibility index (Phi) is 5.32. The number of nitrogens with two attached hydrogens (primary N) is 1. The molecule has 1 saturated carbocycles. The van der Waals surface area contributed by atoms with E-state index in [9.17, 15) is 4.79 Å². The minimum Gasteiger partial charge on any atom is -0.364 e. The number of amides is 1. The van der Waals surface area contributed by atoms with Gasteiger partial charge in [0.2, 0.25) is 0 Å². The molecule has 3 rings (SSSR count). The molecule has 2 aliphatic heterocycles. The van der Waals surface area contributed by atoms with Crippen LogP contribution in [0.15, 0.2) is 0 Å². The highest BCUT2D eigenvalue weighted by Crippen LogP contribution is 2.44. The first-order valence-corrected chi connectivity index (χ1v) is 7.87. The Labute approximate surface area is 127 Å². The number of hydrogen-bond acceptors (Lipinski definition) is 3. The van der Waals surface area contributed by atoms with Gasteiger partial charge in [0.05, 0.1) is 6.10 Å². The van der Waals surface area contributed by atoms with Gasteiger partial charge >= 0.3 is 0 Å². The van der Waals surface area contributed by atoms with Crippen LogP contribution in [0.5, 0.6) is 0 Å². The predicted molar refractivity (Wildman–Crippen MR) is 80.9 cm³/mol. The van der Waals surface area contributed by atoms with Crippen LogP contribution in [0.4, 0.5) is 0 Å². The van der Waals surface area contributed by atoms with E-state index >= 15 is 0 Å². The molecular weight excluding hydrogens is 276 g/mol. The van der Waals surface area contributed by atoms with Gasteiger partial charge in [0.15, 0.2) is 0 Å². The van der Waals surface area contributed by atoms with Gasteiger partial charge in [0.25, 0.3) is 5.91 Å². The maximum absolute atomic E-state index is 12.5. The highest BCUT2D eigenvalue weighted by Gasteiger charge is 2.43. The predicted octanol–water partition coefficient (Wildman–Crippen LogP) is 2.10. The van der Waals surface area contributed by atoms with Gasteiger partial charge in [-0.2, -0.15) is 0 Å². The van der Waals surface area contributed by atoms with Crippen LogP contribution in [-0.4, -0.2) is 42.6 Å². The lowest BCUT2D eigenvalue weighted by Crippen LogP contribution is -2.40. The van der Waals surface area contributed by atoms with Crippen molar-refractivity contribution in [3.8, 4) is 0 Å². The number of carbonyl (C=O) groups excluding carboxylic acids is 1. The van der Waals surface area contributed by atoms with E-state index in [-0.39, 0.29) is 30.5 Å². The molecule has 3 aliphatic rings. The molecule has 2 heterocycles. The number of nitrogens with zero attached hydrogens (tertiary/aromatic N) is 1. The van der Waals surface area contributed by atoms with E-state index < -0.39 is 0 Å². The Bertz CT molecular complexity index is 345. The Balaban J connectivity index is 0.00000147. The van der Waals surface area contributed by atoms with E-state index in [4.69, 9.17) is 10.5 Å². The molecule has 0 aromatic heterocycles. The number of rotatable bonds is 2. The van der Waals surface area contributed by atoms with Crippen LogP contribution in [0.25, 0.3) is 0 Å². The lowest BCUT2D eigenvalue weighted by molar-refractivity contribution is -0.142. The number of halogens is 1. The maximum Gasteiger partial charge on any atom is 0.251 e. The second kappa shape index (κ2) is 6.63. The van der Waals surface area contributed by atoms with E-state index in [2.05, 4.69) is 4.90 Å². The van der Waals surface area contributed by atoms with Crippen LogP contribution in [-0.2, 0) is 9.53 Å². The molecule has 2 atom stereocenters. The normalized spacial score (nSPS) is 32.4. The van der Waals surface area contributed by atoms with Crippen molar-refractivity contribution in [3.63, 3.8) is 0 Å². The highest BCUT2D eigenvalue weighted by atomic mass is 35.5. The summed E-state index contributed by atoms with van der Waals surface area (Å²) in [5.74, 6) is 0.221. The topological polar surface area (TPSA) is 55.6 Å². The van der Waals surface area contributed by atoms with Crippen LogP contribution >= 0.6 is 12.4 Å². The zero-order valence-corrected chi connectivity index (χ0v) is 13.0. The first-order valence-electron chi connectivity index (χ1n) is 7.87. The van der Waals surface area contributed by atoms with Crippen LogP contribution in [0.2, 0.25) is 0 Å². The molecule has 0 unspecified atom stereocenters. The summed E-state index contributed by atoms with van der Waals surface area (Å²) < 4.78 is 5.74. The number of hydrogen-bond donors (Lipinski definition) is 1. The average molecular weight is 303 g/mol. The zero-order valence-electron chi connectivity index (χ0n) is 12.2. The summed E-state index contributed by atoms with van der Waals surface area (Å²) in [6.07, 6.45) is 9.56. The van der Waals surface area contributed by atoms with Crippen molar-refractivity contribution in [2.75, 3.05) is 19.6 Å². The summed E-state index contributed by atoms with van der Waals surface area (Å²) in [7, 11) is 0. The zero-order chi connectivity index (χ0) is 13.3. The Morgan fingerprint density at radius 3 is 2.60 bits per heavy atom. The molecule has 2 N–H and O–H groups in total. The molecule has 1 amide bonds. The molecule has 0 bridgehead atoms. The number of ether oxygens (including phenoxy) is 1. The van der Waals surface area contributed by atoms with Crippen molar-refractivity contribution in [1.82, 2.24) is 4.90 Å². The summed E-state index contributed by atoms with van der Waals surface area (Å²) >= 11 is 0. The van der Waals surface area contributed by atoms with Gasteiger partial charge in [-0.05, 0) is 37.5 Å². The summed E-state index contributed by atoms with van der Waals surface area (Å²) in [6.45, 7) is 2.44. The van der Waals surface area contributed by atoms with Crippen molar-refractivity contribution in [1.29, 1.82) is 0 Å². The minimum atomic E-state index is -0.215. The van der Waals surface area contributed by atoms with Crippen molar-refractivity contribution in [2.45, 2.75) is 63.6 Å². The van der Waals surface area contributed by atoms with Gasteiger partial charge in [-0.1, -0.05) is 19.3 Å². The standard InChI is InChI=1S/C15H26N2O2.ClH/c16-10-12-4-5-13(19-12)14(18)17-9-8-15(11-17)6-2-1-3-7-15;/h12-13H,1-11,16H2;1H/t12-,13+;/m1./s1. The van der Waals surface area contributed by atoms with E-state index in [1.54, 1.807) is 0 Å². The van der Waals surface area contributed by atoms with E-state index in [0.29, 0.717) is 12.0 Å². The van der Waals surface area contributed by atoms with Crippen LogP contribution in [0, 0.1) is 5.41 Å². The van der Waals surface area contributed by atoms with Gasteiger partial charge in [-0.3, -0.25) is 4.79 Å². The molecule has 3 fully saturated rings. The van der Waals surface area contributed by atoms with Gasteiger partial charge in [0.1, 0.15) is 6.10 Å². The SMILES string of the molecule is Cl.NC[C@H]1CC[C@@H](C(=O)N2CCC3(CCCCC3)C2)O1. The smallest absolute Gasteiger partial charge is 0.251 e. The van der Waals surface area contributed by atoms with Crippen molar-refractivity contribution in [3.05, 3.63) is 0 Å². The van der Waals surface area contributed by atoms with Crippen LogP contribution < -0.4 is 5.73 Å². The monoisotopic (exact) mass is 302 g/mol. The van der Waals surface area contributed by atoms with Gasteiger partial charge < -0.3 is 15.4 Å². The first kappa shape index (κ1) is 16.1. The lowest BCUT2D eigenvalue weighted by atomic mass is 9.73. The first-order chi connectivity index (χ1) is 9.22. The highest BCUT2D eigenvalue weighted by molar-refractivity contribution is 5.85. The van der Waals surface area contributed by atoms with E-state index in [1.165, 1.54) is 38.5 Å². The Morgan fingerprint density at radius 1 is 1.20 bits per heavy atom. The quantitative estimate of drug-likeness (QED) is 0.850. The lowest BCUT2D eigenvalue weighted by Gasteiger charge is -2.33. The largest absolute Gasteiger partial charge is 0.364 e. The van der Waals surface area contributed by atoms with Crippen molar-refractivity contribution < 1.29 is 9.53 Å². The third-order valence-electron chi connectivity index (χ3n) is 5.31. The van der Waals surface area contributed by atoms with Crippen molar-refractivity contribution >= 4 is 18.3 Å². The summed E-state index contributed by atoms with van der Waals surface area (Å²) in [5.41, 5.74) is 6.06. The Morgan fingerprint density at radius 2 is 1.95 bits per heavy atom. The number of carbonyl (C=O) groups is 1. The fraction of sp³-hybridized carbons (Fsp3) is 0.933. The fourth-order valence-electron chi connectivity index (χ4n) is 4.10. The summed E-state index contributed by atoms with van der Waals surface area (Å²) in [6, 6.07) is 0. The van der Waals surface area contributed by atoms with Crippen LogP contribution in [0.3, 0.4) is 0 Å². The summed E-state index contributed by atoms with van der Waals surface area (Å²) in [5, 5.41) is 0. The second-order valence-electron chi connectivity index (χ2n) is 6.63. The molecule has 1 spiro atoms. The molecule has 0 radical (unpaired) electrons. The molecule has 5 heteroatoms. The van der Waals surface area contributed by atoms with Gasteiger partial charge in [-0.15, -0.1) is 12.4 Å². The third-order valence-corrected chi connectivity index (χ3v) is 5.31. The third kappa shape index (κ3) is 3.12. The Hall–Kier alpha value is -0.320. The molecule has 1 aliphatic carbocycles. The molecule has 20 heavy (non-hydrogen) atoms. The molecule has 0 aromatic rings. The molecule has 116 valence electrons. The molecule has 4 nitrogen and oxygen atoms in total. The number of likely N-dealkylation sites (tertiary alicyclic amines) is 1. The average Bonchev–Trinajstić information content (AvgIpc) is 3.06. The minimum absolute atomic E-state index is 0. The van der Waals surface area contributed by atoms with Gasteiger partial charge in [0, 0.05) is 19.6 Å². The van der Waals surface area contributed by atoms with Crippen LogP contribution in [0.1, 0.15) is 51.4 Å². The molecule has 0 aromatic carbocycles. The second-order valence-corrected chi connectivity index (χ2v) is 6.63. The molecule has 2 saturated heterocycles.